The minimum atomic E-state index is -0.264. The highest BCUT2D eigenvalue weighted by Crippen LogP contribution is 2.31. The molecule has 2 aromatic carbocycles. The van der Waals surface area contributed by atoms with Crippen LogP contribution in [0.15, 0.2) is 42.5 Å². The van der Waals surface area contributed by atoms with Gasteiger partial charge in [0.25, 0.3) is 0 Å². The second-order valence-electron chi connectivity index (χ2n) is 4.94. The number of rotatable bonds is 3. The number of para-hydroxylation sites is 1. The Morgan fingerprint density at radius 3 is 2.71 bits per heavy atom. The second-order valence-corrected chi connectivity index (χ2v) is 5.21. The van der Waals surface area contributed by atoms with E-state index in [-0.39, 0.29) is 17.5 Å². The predicted molar refractivity (Wildman–Crippen MR) is 83.5 cm³/mol. The molecular weight excluding hydrogens is 289 g/mol. The third kappa shape index (κ3) is 2.34. The lowest BCUT2D eigenvalue weighted by atomic mass is 10.0. The summed E-state index contributed by atoms with van der Waals surface area (Å²) in [5.74, 6) is -0.499. The average Bonchev–Trinajstić information content (AvgIpc) is 2.88. The Balaban J connectivity index is 2.30. The third-order valence-corrected chi connectivity index (χ3v) is 3.80. The fraction of sp³-hybridized carbons (Fsp3) is 0.118. The van der Waals surface area contributed by atoms with E-state index in [4.69, 9.17) is 11.6 Å². The van der Waals surface area contributed by atoms with Gasteiger partial charge in [0.2, 0.25) is 0 Å². The Morgan fingerprint density at radius 2 is 2.00 bits per heavy atom. The first-order chi connectivity index (χ1) is 10.1. The van der Waals surface area contributed by atoms with E-state index in [1.165, 1.54) is 6.07 Å². The van der Waals surface area contributed by atoms with Crippen LogP contribution in [0.3, 0.4) is 0 Å². The molecule has 0 aliphatic carbocycles. The van der Waals surface area contributed by atoms with Crippen molar-refractivity contribution in [3.63, 3.8) is 0 Å². The van der Waals surface area contributed by atoms with Crippen molar-refractivity contribution in [3.05, 3.63) is 59.4 Å². The summed E-state index contributed by atoms with van der Waals surface area (Å²) >= 11 is 5.74. The largest absolute Gasteiger partial charge is 0.354 e. The van der Waals surface area contributed by atoms with Crippen LogP contribution < -0.4 is 0 Å². The van der Waals surface area contributed by atoms with Crippen LogP contribution in [0.5, 0.6) is 0 Å². The Hall–Kier alpha value is -2.13. The number of aryl methyl sites for hydroxylation is 1. The molecular formula is C17H13ClFNO. The van der Waals surface area contributed by atoms with E-state index in [1.807, 2.05) is 24.3 Å². The molecule has 0 unspecified atom stereocenters. The Morgan fingerprint density at radius 1 is 1.24 bits per heavy atom. The van der Waals surface area contributed by atoms with Crippen LogP contribution in [-0.4, -0.2) is 16.6 Å². The van der Waals surface area contributed by atoms with Gasteiger partial charge in [0.05, 0.1) is 17.1 Å². The van der Waals surface area contributed by atoms with Gasteiger partial charge in [0, 0.05) is 10.9 Å². The van der Waals surface area contributed by atoms with Gasteiger partial charge in [-0.2, -0.15) is 0 Å². The van der Waals surface area contributed by atoms with Gasteiger partial charge < -0.3 is 4.98 Å². The molecule has 0 bridgehead atoms. The smallest absolute Gasteiger partial charge is 0.180 e. The van der Waals surface area contributed by atoms with Crippen molar-refractivity contribution in [1.82, 2.24) is 4.98 Å². The number of hydrogen-bond acceptors (Lipinski definition) is 1. The molecule has 2 nitrogen and oxygen atoms in total. The number of carbonyl (C=O) groups excluding carboxylic acids is 1. The van der Waals surface area contributed by atoms with Gasteiger partial charge in [-0.1, -0.05) is 18.2 Å². The van der Waals surface area contributed by atoms with Gasteiger partial charge >= 0.3 is 0 Å². The quantitative estimate of drug-likeness (QED) is 0.552. The number of alkyl halides is 1. The number of aromatic nitrogens is 1. The first-order valence-electron chi connectivity index (χ1n) is 6.58. The number of H-pyrrole nitrogens is 1. The number of carbonyl (C=O) groups is 1. The SMILES string of the molecule is Cc1cc(-c2[nH]c3ccccc3c2C(=O)CCl)ccc1F. The minimum absolute atomic E-state index is 0.0883. The number of aromatic amines is 1. The summed E-state index contributed by atoms with van der Waals surface area (Å²) in [5, 5.41) is 0.833. The number of benzene rings is 2. The fourth-order valence-corrected chi connectivity index (χ4v) is 2.65. The number of fused-ring (bicyclic) bond motifs is 1. The lowest BCUT2D eigenvalue weighted by molar-refractivity contribution is 0.102. The fourth-order valence-electron chi connectivity index (χ4n) is 2.52. The highest BCUT2D eigenvalue weighted by Gasteiger charge is 2.19. The van der Waals surface area contributed by atoms with Crippen molar-refractivity contribution in [2.75, 3.05) is 5.88 Å². The third-order valence-electron chi connectivity index (χ3n) is 3.55. The van der Waals surface area contributed by atoms with Crippen molar-refractivity contribution >= 4 is 28.3 Å². The van der Waals surface area contributed by atoms with Crippen LogP contribution in [0.4, 0.5) is 4.39 Å². The lowest BCUT2D eigenvalue weighted by Gasteiger charge is -2.05. The minimum Gasteiger partial charge on any atom is -0.354 e. The first-order valence-corrected chi connectivity index (χ1v) is 7.11. The maximum atomic E-state index is 13.4. The summed E-state index contributed by atoms with van der Waals surface area (Å²) in [4.78, 5) is 15.4. The molecule has 3 rings (SSSR count). The molecule has 0 amide bonds. The average molecular weight is 302 g/mol. The second kappa shape index (κ2) is 5.34. The predicted octanol–water partition coefficient (Wildman–Crippen LogP) is 4.70. The molecule has 106 valence electrons. The molecule has 1 aromatic heterocycles. The van der Waals surface area contributed by atoms with Gasteiger partial charge in [-0.15, -0.1) is 11.6 Å². The maximum absolute atomic E-state index is 13.4. The van der Waals surface area contributed by atoms with Crippen LogP contribution in [0, 0.1) is 12.7 Å². The van der Waals surface area contributed by atoms with Gasteiger partial charge in [-0.3, -0.25) is 4.79 Å². The number of Topliss-reactive ketones (excluding diaryl/α,β-unsaturated/α-hetero) is 1. The summed E-state index contributed by atoms with van der Waals surface area (Å²) in [7, 11) is 0. The highest BCUT2D eigenvalue weighted by atomic mass is 35.5. The molecule has 21 heavy (non-hydrogen) atoms. The number of nitrogens with one attached hydrogen (secondary N) is 1. The van der Waals surface area contributed by atoms with E-state index in [2.05, 4.69) is 4.98 Å². The Bertz CT molecular complexity index is 838. The van der Waals surface area contributed by atoms with E-state index in [0.29, 0.717) is 16.8 Å². The molecule has 0 aliphatic heterocycles. The molecule has 1 heterocycles. The van der Waals surface area contributed by atoms with Crippen molar-refractivity contribution in [2.24, 2.45) is 0 Å². The van der Waals surface area contributed by atoms with Crippen LogP contribution in [-0.2, 0) is 0 Å². The molecule has 0 radical (unpaired) electrons. The summed E-state index contributed by atoms with van der Waals surface area (Å²) in [5.41, 5.74) is 3.42. The topological polar surface area (TPSA) is 32.9 Å². The summed E-state index contributed by atoms with van der Waals surface area (Å²) < 4.78 is 13.4. The van der Waals surface area contributed by atoms with Crippen molar-refractivity contribution in [1.29, 1.82) is 0 Å². The van der Waals surface area contributed by atoms with Gasteiger partial charge in [-0.25, -0.2) is 4.39 Å². The van der Waals surface area contributed by atoms with E-state index in [1.54, 1.807) is 19.1 Å². The van der Waals surface area contributed by atoms with E-state index >= 15 is 0 Å². The van der Waals surface area contributed by atoms with Gasteiger partial charge in [0.1, 0.15) is 5.82 Å². The number of hydrogen-bond donors (Lipinski definition) is 1. The Labute approximate surface area is 126 Å². The molecule has 0 aliphatic rings. The summed E-state index contributed by atoms with van der Waals surface area (Å²) in [6.07, 6.45) is 0. The highest BCUT2D eigenvalue weighted by molar-refractivity contribution is 6.33. The monoisotopic (exact) mass is 301 g/mol. The normalized spacial score (nSPS) is 11.0. The van der Waals surface area contributed by atoms with E-state index in [0.717, 1.165) is 16.5 Å². The van der Waals surface area contributed by atoms with Crippen molar-refractivity contribution < 1.29 is 9.18 Å². The lowest BCUT2D eigenvalue weighted by Crippen LogP contribution is -2.01. The molecule has 0 saturated heterocycles. The maximum Gasteiger partial charge on any atom is 0.180 e. The molecule has 4 heteroatoms. The van der Waals surface area contributed by atoms with Crippen LogP contribution in [0.2, 0.25) is 0 Å². The molecule has 0 saturated carbocycles. The summed E-state index contributed by atoms with van der Waals surface area (Å²) in [6.45, 7) is 1.70. The zero-order valence-electron chi connectivity index (χ0n) is 11.4. The molecule has 0 spiro atoms. The summed E-state index contributed by atoms with van der Waals surface area (Å²) in [6, 6.07) is 12.4. The van der Waals surface area contributed by atoms with Crippen LogP contribution >= 0.6 is 11.6 Å². The number of ketones is 1. The van der Waals surface area contributed by atoms with E-state index in [9.17, 15) is 9.18 Å². The molecule has 0 fully saturated rings. The van der Waals surface area contributed by atoms with Crippen molar-refractivity contribution in [3.8, 4) is 11.3 Å². The first kappa shape index (κ1) is 13.8. The Kier molecular flexibility index (Phi) is 3.52. The molecule has 1 N–H and O–H groups in total. The van der Waals surface area contributed by atoms with Gasteiger partial charge in [-0.05, 0) is 42.3 Å². The van der Waals surface area contributed by atoms with Crippen molar-refractivity contribution in [2.45, 2.75) is 6.92 Å². The standard InChI is InChI=1S/C17H13ClFNO/c1-10-8-11(6-7-13(10)19)17-16(15(21)9-18)12-4-2-3-5-14(12)20-17/h2-8,20H,9H2,1H3. The van der Waals surface area contributed by atoms with E-state index < -0.39 is 0 Å². The van der Waals surface area contributed by atoms with Crippen LogP contribution in [0.25, 0.3) is 22.2 Å². The van der Waals surface area contributed by atoms with Gasteiger partial charge in [0.15, 0.2) is 5.78 Å². The number of halogens is 2. The molecule has 0 atom stereocenters. The van der Waals surface area contributed by atoms with Crippen LogP contribution in [0.1, 0.15) is 15.9 Å². The zero-order valence-corrected chi connectivity index (χ0v) is 12.2. The zero-order chi connectivity index (χ0) is 15.0. The molecule has 3 aromatic rings.